The Hall–Kier alpha value is -2.25. The molecule has 21 heavy (non-hydrogen) atoms. The lowest BCUT2D eigenvalue weighted by Crippen LogP contribution is -2.36. The second-order valence-electron chi connectivity index (χ2n) is 4.53. The van der Waals surface area contributed by atoms with Gasteiger partial charge in [-0.05, 0) is 19.8 Å². The van der Waals surface area contributed by atoms with Crippen molar-refractivity contribution < 1.29 is 27.9 Å². The Morgan fingerprint density at radius 3 is 2.33 bits per heavy atom. The van der Waals surface area contributed by atoms with Crippen LogP contribution < -0.4 is 10.6 Å². The smallest absolute Gasteiger partial charge is 0.319 e. The zero-order valence-corrected chi connectivity index (χ0v) is 11.3. The third kappa shape index (κ3) is 5.72. The van der Waals surface area contributed by atoms with Crippen LogP contribution >= 0.6 is 0 Å². The van der Waals surface area contributed by atoms with Gasteiger partial charge in [0.25, 0.3) is 0 Å². The predicted octanol–water partition coefficient (Wildman–Crippen LogP) is 2.87. The number of carbonyl (C=O) groups is 2. The lowest BCUT2D eigenvalue weighted by atomic mass is 10.1. The van der Waals surface area contributed by atoms with E-state index >= 15 is 0 Å². The first-order valence-corrected chi connectivity index (χ1v) is 6.23. The lowest BCUT2D eigenvalue weighted by molar-refractivity contribution is -0.137. The highest BCUT2D eigenvalue weighted by atomic mass is 19.1. The fourth-order valence-electron chi connectivity index (χ4n) is 1.67. The van der Waals surface area contributed by atoms with Crippen LogP contribution in [0.5, 0.6) is 0 Å². The van der Waals surface area contributed by atoms with Crippen LogP contribution in [-0.4, -0.2) is 23.1 Å². The Kier molecular flexibility index (Phi) is 6.01. The molecule has 0 aliphatic rings. The van der Waals surface area contributed by atoms with Crippen LogP contribution in [0.1, 0.15) is 26.2 Å². The van der Waals surface area contributed by atoms with Gasteiger partial charge in [0.2, 0.25) is 0 Å². The standard InChI is InChI=1S/C13H15F3N2O3/c1-7(3-2-4-11(19)20)17-13(21)18-12-9(15)5-8(14)6-10(12)16/h5-7H,2-4H2,1H3,(H,19,20)(H2,17,18,21). The number of hydrogen-bond donors (Lipinski definition) is 3. The first kappa shape index (κ1) is 16.8. The number of benzene rings is 1. The van der Waals surface area contributed by atoms with Crippen molar-refractivity contribution >= 4 is 17.7 Å². The number of hydrogen-bond acceptors (Lipinski definition) is 2. The highest BCUT2D eigenvalue weighted by molar-refractivity contribution is 5.89. The molecule has 2 amide bonds. The number of carbonyl (C=O) groups excluding carboxylic acids is 1. The van der Waals surface area contributed by atoms with E-state index in [0.29, 0.717) is 25.0 Å². The maximum atomic E-state index is 13.3. The Balaban J connectivity index is 2.52. The molecule has 1 rings (SSSR count). The Morgan fingerprint density at radius 2 is 1.81 bits per heavy atom. The van der Waals surface area contributed by atoms with Gasteiger partial charge in [-0.3, -0.25) is 4.79 Å². The summed E-state index contributed by atoms with van der Waals surface area (Å²) in [6, 6.07) is -0.331. The van der Waals surface area contributed by atoms with Gasteiger partial charge >= 0.3 is 12.0 Å². The van der Waals surface area contributed by atoms with Crippen LogP contribution in [0.25, 0.3) is 0 Å². The Labute approximate surface area is 119 Å². The van der Waals surface area contributed by atoms with Gasteiger partial charge in [-0.2, -0.15) is 0 Å². The molecule has 3 N–H and O–H groups in total. The normalized spacial score (nSPS) is 11.8. The molecule has 1 aromatic carbocycles. The van der Waals surface area contributed by atoms with Gasteiger partial charge in [0.15, 0.2) is 11.6 Å². The van der Waals surface area contributed by atoms with Crippen LogP contribution in [0.3, 0.4) is 0 Å². The molecule has 0 heterocycles. The van der Waals surface area contributed by atoms with E-state index in [1.165, 1.54) is 0 Å². The molecule has 116 valence electrons. The summed E-state index contributed by atoms with van der Waals surface area (Å²) in [4.78, 5) is 21.9. The van der Waals surface area contributed by atoms with Crippen LogP contribution in [0.15, 0.2) is 12.1 Å². The van der Waals surface area contributed by atoms with Crippen molar-refractivity contribution in [3.05, 3.63) is 29.6 Å². The van der Waals surface area contributed by atoms with E-state index in [2.05, 4.69) is 5.32 Å². The molecule has 5 nitrogen and oxygen atoms in total. The van der Waals surface area contributed by atoms with Crippen LogP contribution in [0, 0.1) is 17.5 Å². The van der Waals surface area contributed by atoms with Crippen molar-refractivity contribution in [3.8, 4) is 0 Å². The third-order valence-electron chi connectivity index (χ3n) is 2.65. The van der Waals surface area contributed by atoms with E-state index in [1.54, 1.807) is 6.92 Å². The molecule has 1 unspecified atom stereocenters. The summed E-state index contributed by atoms with van der Waals surface area (Å²) >= 11 is 0. The molecule has 0 aliphatic heterocycles. The molecule has 0 aliphatic carbocycles. The largest absolute Gasteiger partial charge is 0.481 e. The van der Waals surface area contributed by atoms with E-state index in [-0.39, 0.29) is 12.5 Å². The average Bonchev–Trinajstić information content (AvgIpc) is 2.33. The minimum atomic E-state index is -1.22. The topological polar surface area (TPSA) is 78.4 Å². The first-order chi connectivity index (χ1) is 9.79. The molecule has 0 bridgehead atoms. The van der Waals surface area contributed by atoms with Gasteiger partial charge in [-0.25, -0.2) is 18.0 Å². The van der Waals surface area contributed by atoms with Crippen LogP contribution in [0.4, 0.5) is 23.7 Å². The van der Waals surface area contributed by atoms with E-state index in [4.69, 9.17) is 5.11 Å². The van der Waals surface area contributed by atoms with Crippen molar-refractivity contribution in [3.63, 3.8) is 0 Å². The van der Waals surface area contributed by atoms with E-state index in [1.807, 2.05) is 5.32 Å². The summed E-state index contributed by atoms with van der Waals surface area (Å²) in [6.45, 7) is 1.62. The van der Waals surface area contributed by atoms with Crippen molar-refractivity contribution in [2.45, 2.75) is 32.2 Å². The predicted molar refractivity (Wildman–Crippen MR) is 69.4 cm³/mol. The molecule has 1 aromatic rings. The Bertz CT molecular complexity index is 514. The summed E-state index contributed by atoms with van der Waals surface area (Å²) in [5.41, 5.74) is -0.744. The number of aliphatic carboxylic acids is 1. The quantitative estimate of drug-likeness (QED) is 0.756. The summed E-state index contributed by atoms with van der Waals surface area (Å²) < 4.78 is 39.3. The first-order valence-electron chi connectivity index (χ1n) is 6.23. The molecule has 0 saturated heterocycles. The minimum Gasteiger partial charge on any atom is -0.481 e. The molecule has 1 atom stereocenters. The number of halogens is 3. The highest BCUT2D eigenvalue weighted by Gasteiger charge is 2.15. The summed E-state index contributed by atoms with van der Waals surface area (Å²) in [5.74, 6) is -4.47. The summed E-state index contributed by atoms with van der Waals surface area (Å²) in [6.07, 6.45) is 0.721. The molecular formula is C13H15F3N2O3. The molecule has 0 saturated carbocycles. The van der Waals surface area contributed by atoms with Crippen molar-refractivity contribution in [1.82, 2.24) is 5.32 Å². The Morgan fingerprint density at radius 1 is 1.24 bits per heavy atom. The van der Waals surface area contributed by atoms with Gasteiger partial charge in [0.05, 0.1) is 0 Å². The van der Waals surface area contributed by atoms with Crippen LogP contribution in [-0.2, 0) is 4.79 Å². The summed E-state index contributed by atoms with van der Waals surface area (Å²) in [7, 11) is 0. The third-order valence-corrected chi connectivity index (χ3v) is 2.65. The van der Waals surface area contributed by atoms with Crippen molar-refractivity contribution in [1.29, 1.82) is 0 Å². The molecular weight excluding hydrogens is 289 g/mol. The molecule has 0 aromatic heterocycles. The molecule has 0 fully saturated rings. The van der Waals surface area contributed by atoms with Gasteiger partial charge in [-0.1, -0.05) is 0 Å². The van der Waals surface area contributed by atoms with E-state index in [0.717, 1.165) is 0 Å². The second-order valence-corrected chi connectivity index (χ2v) is 4.53. The van der Waals surface area contributed by atoms with Gasteiger partial charge in [0.1, 0.15) is 11.5 Å². The van der Waals surface area contributed by atoms with Crippen LogP contribution in [0.2, 0.25) is 0 Å². The van der Waals surface area contributed by atoms with Gasteiger partial charge < -0.3 is 15.7 Å². The maximum absolute atomic E-state index is 13.3. The number of carboxylic acids is 1. The second kappa shape index (κ2) is 7.51. The molecule has 0 radical (unpaired) electrons. The average molecular weight is 304 g/mol. The SMILES string of the molecule is CC(CCCC(=O)O)NC(=O)Nc1c(F)cc(F)cc1F. The highest BCUT2D eigenvalue weighted by Crippen LogP contribution is 2.19. The minimum absolute atomic E-state index is 0.0329. The van der Waals surface area contributed by atoms with Gasteiger partial charge in [-0.15, -0.1) is 0 Å². The lowest BCUT2D eigenvalue weighted by Gasteiger charge is -2.14. The molecule has 0 spiro atoms. The van der Waals surface area contributed by atoms with E-state index in [9.17, 15) is 22.8 Å². The number of carboxylic acid groups (broad SMARTS) is 1. The number of nitrogens with one attached hydrogen (secondary N) is 2. The van der Waals surface area contributed by atoms with E-state index < -0.39 is 35.1 Å². The zero-order chi connectivity index (χ0) is 16.0. The summed E-state index contributed by atoms with van der Waals surface area (Å²) in [5, 5.41) is 12.8. The maximum Gasteiger partial charge on any atom is 0.319 e. The number of rotatable bonds is 6. The van der Waals surface area contributed by atoms with Crippen molar-refractivity contribution in [2.24, 2.45) is 0 Å². The number of urea groups is 1. The number of anilines is 1. The van der Waals surface area contributed by atoms with Gasteiger partial charge in [0, 0.05) is 24.6 Å². The zero-order valence-electron chi connectivity index (χ0n) is 11.3. The molecule has 8 heteroatoms. The number of amides is 2. The van der Waals surface area contributed by atoms with Crippen molar-refractivity contribution in [2.75, 3.05) is 5.32 Å². The monoisotopic (exact) mass is 304 g/mol. The fourth-order valence-corrected chi connectivity index (χ4v) is 1.67. The fraction of sp³-hybridized carbons (Fsp3) is 0.385.